The van der Waals surface area contributed by atoms with E-state index in [9.17, 15) is 0 Å². The van der Waals surface area contributed by atoms with Crippen molar-refractivity contribution in [3.05, 3.63) is 54.2 Å². The van der Waals surface area contributed by atoms with Gasteiger partial charge in [-0.15, -0.1) is 0 Å². The molecule has 0 aliphatic carbocycles. The summed E-state index contributed by atoms with van der Waals surface area (Å²) in [5.41, 5.74) is 4.49. The predicted molar refractivity (Wildman–Crippen MR) is 142 cm³/mol. The molecule has 0 spiro atoms. The van der Waals surface area contributed by atoms with E-state index in [1.165, 1.54) is 18.4 Å². The van der Waals surface area contributed by atoms with Gasteiger partial charge in [0.2, 0.25) is 0 Å². The minimum absolute atomic E-state index is 0.597. The molecule has 0 amide bonds. The molecule has 6 rings (SSSR count). The van der Waals surface area contributed by atoms with Crippen LogP contribution in [0.5, 0.6) is 0 Å². The summed E-state index contributed by atoms with van der Waals surface area (Å²) >= 11 is 0. The summed E-state index contributed by atoms with van der Waals surface area (Å²) < 4.78 is 5.65. The van der Waals surface area contributed by atoms with E-state index >= 15 is 0 Å². The van der Waals surface area contributed by atoms with Crippen molar-refractivity contribution in [2.45, 2.75) is 32.4 Å². The van der Waals surface area contributed by atoms with Crippen LogP contribution in [-0.4, -0.2) is 71.8 Å². The highest BCUT2D eigenvalue weighted by atomic mass is 16.5. The van der Waals surface area contributed by atoms with Crippen LogP contribution in [0.15, 0.2) is 48.7 Å². The number of aromatic nitrogens is 3. The van der Waals surface area contributed by atoms with Gasteiger partial charge in [-0.3, -0.25) is 4.90 Å². The molecule has 7 heteroatoms. The zero-order valence-electron chi connectivity index (χ0n) is 20.5. The maximum absolute atomic E-state index is 5.65. The second kappa shape index (κ2) is 9.93. The minimum atomic E-state index is 0.597. The number of hydrogen-bond acceptors (Lipinski definition) is 6. The molecule has 35 heavy (non-hydrogen) atoms. The molecule has 4 heterocycles. The van der Waals surface area contributed by atoms with E-state index in [0.29, 0.717) is 6.04 Å². The fourth-order valence-electron chi connectivity index (χ4n) is 5.51. The minimum Gasteiger partial charge on any atom is -0.378 e. The van der Waals surface area contributed by atoms with Gasteiger partial charge in [0.25, 0.3) is 0 Å². The van der Waals surface area contributed by atoms with E-state index < -0.39 is 0 Å². The number of piperazine rings is 1. The highest BCUT2D eigenvalue weighted by molar-refractivity contribution is 5.97. The summed E-state index contributed by atoms with van der Waals surface area (Å²) in [4.78, 5) is 18.5. The molecule has 2 aromatic heterocycles. The molecule has 0 saturated carbocycles. The van der Waals surface area contributed by atoms with E-state index in [-0.39, 0.29) is 0 Å². The van der Waals surface area contributed by atoms with Crippen LogP contribution in [0.4, 0.5) is 5.82 Å². The average molecular weight is 471 g/mol. The van der Waals surface area contributed by atoms with Crippen LogP contribution in [0.1, 0.15) is 25.3 Å². The first-order valence-corrected chi connectivity index (χ1v) is 12.9. The zero-order chi connectivity index (χ0) is 23.6. The fourth-order valence-corrected chi connectivity index (χ4v) is 5.51. The third-order valence-corrected chi connectivity index (χ3v) is 7.27. The fraction of sp³-hybridized carbons (Fsp3) is 0.429. The third kappa shape index (κ3) is 4.63. The van der Waals surface area contributed by atoms with Gasteiger partial charge in [0.15, 0.2) is 5.82 Å². The van der Waals surface area contributed by atoms with Crippen molar-refractivity contribution >= 4 is 27.6 Å². The van der Waals surface area contributed by atoms with Crippen molar-refractivity contribution in [2.75, 3.05) is 50.8 Å². The largest absolute Gasteiger partial charge is 0.378 e. The quantitative estimate of drug-likeness (QED) is 0.440. The topological polar surface area (TPSA) is 69.3 Å². The predicted octanol–water partition coefficient (Wildman–Crippen LogP) is 4.19. The maximum Gasteiger partial charge on any atom is 0.162 e. The van der Waals surface area contributed by atoms with Gasteiger partial charge in [-0.05, 0) is 36.2 Å². The lowest BCUT2D eigenvalue weighted by Gasteiger charge is -2.34. The van der Waals surface area contributed by atoms with Crippen LogP contribution in [0.3, 0.4) is 0 Å². The van der Waals surface area contributed by atoms with E-state index in [1.54, 1.807) is 0 Å². The Bertz CT molecular complexity index is 1310. The summed E-state index contributed by atoms with van der Waals surface area (Å²) in [6.45, 7) is 9.65. The first kappa shape index (κ1) is 22.5. The van der Waals surface area contributed by atoms with Gasteiger partial charge in [-0.1, -0.05) is 31.5 Å². The molecule has 182 valence electrons. The summed E-state index contributed by atoms with van der Waals surface area (Å²) in [6.07, 6.45) is 4.44. The summed E-state index contributed by atoms with van der Waals surface area (Å²) in [7, 11) is 0. The molecule has 0 radical (unpaired) electrons. The second-order valence-electron chi connectivity index (χ2n) is 9.74. The molecule has 1 unspecified atom stereocenters. The first-order chi connectivity index (χ1) is 17.3. The Morgan fingerprint density at radius 3 is 2.83 bits per heavy atom. The number of H-pyrrole nitrogens is 1. The molecule has 2 fully saturated rings. The Hall–Kier alpha value is -3.00. The van der Waals surface area contributed by atoms with Crippen LogP contribution in [-0.2, 0) is 11.3 Å². The van der Waals surface area contributed by atoms with Crippen LogP contribution in [0.2, 0.25) is 0 Å². The van der Waals surface area contributed by atoms with Gasteiger partial charge < -0.3 is 19.9 Å². The molecule has 2 N–H and O–H groups in total. The van der Waals surface area contributed by atoms with E-state index in [1.807, 2.05) is 6.20 Å². The smallest absolute Gasteiger partial charge is 0.162 e. The van der Waals surface area contributed by atoms with Crippen molar-refractivity contribution in [3.8, 4) is 11.4 Å². The SMILES string of the molecule is CCCC1CN(Cc2ccc3nc(-c4cccc5[nH]ccc45)nc(N4CCOCC4)c3c2)CCN1. The average Bonchev–Trinajstić information content (AvgIpc) is 3.38. The highest BCUT2D eigenvalue weighted by Gasteiger charge is 2.21. The third-order valence-electron chi connectivity index (χ3n) is 7.27. The molecular formula is C28H34N6O. The maximum atomic E-state index is 5.65. The molecule has 4 aromatic rings. The molecular weight excluding hydrogens is 436 g/mol. The lowest BCUT2D eigenvalue weighted by molar-refractivity contribution is 0.122. The van der Waals surface area contributed by atoms with E-state index in [0.717, 1.165) is 91.5 Å². The van der Waals surface area contributed by atoms with Gasteiger partial charge in [-0.25, -0.2) is 9.97 Å². The Kier molecular flexibility index (Phi) is 6.37. The number of ether oxygens (including phenoxy) is 1. The number of nitrogens with one attached hydrogen (secondary N) is 2. The van der Waals surface area contributed by atoms with Crippen molar-refractivity contribution < 1.29 is 4.74 Å². The standard InChI is InChI=1S/C28H34N6O/c1-2-4-21-19-33(12-11-29-21)18-20-7-8-26-24(17-20)28(34-13-15-35-16-14-34)32-27(31-26)23-5-3-6-25-22(23)9-10-30-25/h3,5-10,17,21,29-30H,2,4,11-16,18-19H2,1H3. The van der Waals surface area contributed by atoms with E-state index in [2.05, 4.69) is 69.5 Å². The van der Waals surface area contributed by atoms with Gasteiger partial charge in [-0.2, -0.15) is 0 Å². The number of benzene rings is 2. The summed E-state index contributed by atoms with van der Waals surface area (Å²) in [6, 6.07) is 15.7. The van der Waals surface area contributed by atoms with Gasteiger partial charge in [0, 0.05) is 73.4 Å². The number of morpholine rings is 1. The number of nitrogens with zero attached hydrogens (tertiary/aromatic N) is 4. The van der Waals surface area contributed by atoms with Crippen molar-refractivity contribution in [1.29, 1.82) is 0 Å². The number of aromatic amines is 1. The number of fused-ring (bicyclic) bond motifs is 2. The summed E-state index contributed by atoms with van der Waals surface area (Å²) in [5.74, 6) is 1.80. The van der Waals surface area contributed by atoms with Crippen LogP contribution in [0, 0.1) is 0 Å². The molecule has 1 atom stereocenters. The van der Waals surface area contributed by atoms with Crippen LogP contribution >= 0.6 is 0 Å². The first-order valence-electron chi connectivity index (χ1n) is 12.9. The molecule has 7 nitrogen and oxygen atoms in total. The van der Waals surface area contributed by atoms with Crippen molar-refractivity contribution in [2.24, 2.45) is 0 Å². The lowest BCUT2D eigenvalue weighted by Crippen LogP contribution is -2.50. The second-order valence-corrected chi connectivity index (χ2v) is 9.74. The Morgan fingerprint density at radius 2 is 1.94 bits per heavy atom. The Labute approximate surface area is 206 Å². The van der Waals surface area contributed by atoms with Gasteiger partial charge >= 0.3 is 0 Å². The number of hydrogen-bond donors (Lipinski definition) is 2. The van der Waals surface area contributed by atoms with Gasteiger partial charge in [0.1, 0.15) is 5.82 Å². The monoisotopic (exact) mass is 470 g/mol. The number of anilines is 1. The molecule has 0 bridgehead atoms. The molecule has 2 aromatic carbocycles. The molecule has 2 saturated heterocycles. The zero-order valence-corrected chi connectivity index (χ0v) is 20.5. The van der Waals surface area contributed by atoms with E-state index in [4.69, 9.17) is 14.7 Å². The molecule has 2 aliphatic heterocycles. The van der Waals surface area contributed by atoms with Crippen LogP contribution < -0.4 is 10.2 Å². The Balaban J connectivity index is 1.39. The molecule has 2 aliphatic rings. The highest BCUT2D eigenvalue weighted by Crippen LogP contribution is 2.32. The lowest BCUT2D eigenvalue weighted by atomic mass is 10.1. The number of rotatable bonds is 6. The van der Waals surface area contributed by atoms with Crippen molar-refractivity contribution in [3.63, 3.8) is 0 Å². The van der Waals surface area contributed by atoms with Crippen LogP contribution in [0.25, 0.3) is 33.2 Å². The van der Waals surface area contributed by atoms with Gasteiger partial charge in [0.05, 0.1) is 18.7 Å². The summed E-state index contributed by atoms with van der Waals surface area (Å²) in [5, 5.41) is 5.95. The van der Waals surface area contributed by atoms with Crippen molar-refractivity contribution in [1.82, 2.24) is 25.2 Å². The normalized spacial score (nSPS) is 19.6. The Morgan fingerprint density at radius 1 is 1.03 bits per heavy atom.